The van der Waals surface area contributed by atoms with Crippen LogP contribution in [0.25, 0.3) is 27.8 Å². The third kappa shape index (κ3) is 7.86. The Labute approximate surface area is 262 Å². The molecular weight excluding hydrogens is 553 g/mol. The van der Waals surface area contributed by atoms with Gasteiger partial charge in [-0.2, -0.15) is 4.39 Å². The SMILES string of the molecule is C/C=C/C1CCC(C2CC=C(c3ccc(-c4ccc(-c5ccc(OCCCCCCC)c(F)c5F)cc4)c(F)c3)CC2)CC1. The molecule has 3 aromatic rings. The van der Waals surface area contributed by atoms with Crippen LogP contribution in [0.3, 0.4) is 0 Å². The molecule has 2 aliphatic rings. The standard InChI is InChI=1S/C40H47F3O/c1-3-5-6-7-8-26-44-38-25-24-36(39(42)40(38)43)33-20-18-32(19-21-33)35-23-22-34(27-37(35)41)31-16-14-30(15-17-31)29-12-10-28(9-4-2)11-13-29/h4,9,16,18-25,27-30H,3,5-8,10-15,17,26H2,1-2H3/b9-4+. The molecule has 1 fully saturated rings. The summed E-state index contributed by atoms with van der Waals surface area (Å²) in [7, 11) is 0. The Balaban J connectivity index is 1.20. The summed E-state index contributed by atoms with van der Waals surface area (Å²) in [5, 5.41) is 0. The summed E-state index contributed by atoms with van der Waals surface area (Å²) < 4.78 is 50.6. The number of allylic oxidation sites excluding steroid dienone is 4. The van der Waals surface area contributed by atoms with Crippen LogP contribution in [-0.2, 0) is 0 Å². The first-order valence-electron chi connectivity index (χ1n) is 16.8. The van der Waals surface area contributed by atoms with Gasteiger partial charge >= 0.3 is 0 Å². The number of benzene rings is 3. The molecule has 4 heteroatoms. The number of ether oxygens (including phenoxy) is 1. The number of rotatable bonds is 12. The molecule has 0 radical (unpaired) electrons. The van der Waals surface area contributed by atoms with E-state index in [1.165, 1.54) is 50.2 Å². The summed E-state index contributed by atoms with van der Waals surface area (Å²) >= 11 is 0. The summed E-state index contributed by atoms with van der Waals surface area (Å²) in [4.78, 5) is 0. The molecule has 5 rings (SSSR count). The fraction of sp³-hybridized carbons (Fsp3) is 0.450. The predicted molar refractivity (Wildman–Crippen MR) is 177 cm³/mol. The highest BCUT2D eigenvalue weighted by Gasteiger charge is 2.28. The summed E-state index contributed by atoms with van der Waals surface area (Å²) in [5.74, 6) is 0.0929. The van der Waals surface area contributed by atoms with Crippen LogP contribution in [0.4, 0.5) is 13.2 Å². The third-order valence-corrected chi connectivity index (χ3v) is 9.80. The number of halogens is 3. The molecule has 0 spiro atoms. The Morgan fingerprint density at radius 2 is 1.41 bits per heavy atom. The van der Waals surface area contributed by atoms with Crippen molar-refractivity contribution < 1.29 is 17.9 Å². The van der Waals surface area contributed by atoms with Gasteiger partial charge in [-0.1, -0.05) is 87.2 Å². The first-order chi connectivity index (χ1) is 21.5. The summed E-state index contributed by atoms with van der Waals surface area (Å²) in [6, 6.07) is 15.5. The van der Waals surface area contributed by atoms with Gasteiger partial charge in [0.1, 0.15) is 5.82 Å². The zero-order valence-electron chi connectivity index (χ0n) is 26.4. The van der Waals surface area contributed by atoms with Crippen LogP contribution in [0.15, 0.2) is 72.8 Å². The van der Waals surface area contributed by atoms with E-state index in [9.17, 15) is 8.78 Å². The van der Waals surface area contributed by atoms with Gasteiger partial charge in [0.25, 0.3) is 0 Å². The van der Waals surface area contributed by atoms with Crippen molar-refractivity contribution in [1.82, 2.24) is 0 Å². The Bertz CT molecular complexity index is 1430. The number of hydrogen-bond donors (Lipinski definition) is 0. The van der Waals surface area contributed by atoms with E-state index in [4.69, 9.17) is 4.74 Å². The molecule has 1 unspecified atom stereocenters. The van der Waals surface area contributed by atoms with Crippen LogP contribution in [0.1, 0.15) is 96.5 Å². The van der Waals surface area contributed by atoms with Gasteiger partial charge in [-0.25, -0.2) is 8.78 Å². The third-order valence-electron chi connectivity index (χ3n) is 9.80. The normalized spacial score (nSPS) is 20.6. The molecule has 1 nitrogen and oxygen atoms in total. The maximum atomic E-state index is 15.4. The van der Waals surface area contributed by atoms with Crippen LogP contribution >= 0.6 is 0 Å². The van der Waals surface area contributed by atoms with Gasteiger partial charge < -0.3 is 4.74 Å². The van der Waals surface area contributed by atoms with Gasteiger partial charge in [0, 0.05) is 11.1 Å². The van der Waals surface area contributed by atoms with E-state index in [0.717, 1.165) is 61.8 Å². The van der Waals surface area contributed by atoms with Crippen molar-refractivity contribution in [3.05, 3.63) is 95.8 Å². The molecule has 0 N–H and O–H groups in total. The van der Waals surface area contributed by atoms with Crippen LogP contribution < -0.4 is 4.74 Å². The van der Waals surface area contributed by atoms with Crippen molar-refractivity contribution >= 4 is 5.57 Å². The molecule has 1 atom stereocenters. The lowest BCUT2D eigenvalue weighted by Gasteiger charge is -2.34. The topological polar surface area (TPSA) is 9.23 Å². The van der Waals surface area contributed by atoms with Crippen molar-refractivity contribution in [3.8, 4) is 28.0 Å². The maximum absolute atomic E-state index is 15.4. The summed E-state index contributed by atoms with van der Waals surface area (Å²) in [6.45, 7) is 4.64. The Morgan fingerprint density at radius 1 is 0.727 bits per heavy atom. The van der Waals surface area contributed by atoms with Crippen LogP contribution in [-0.4, -0.2) is 6.61 Å². The van der Waals surface area contributed by atoms with E-state index < -0.39 is 11.6 Å². The van der Waals surface area contributed by atoms with E-state index >= 15 is 4.39 Å². The lowest BCUT2D eigenvalue weighted by atomic mass is 9.71. The van der Waals surface area contributed by atoms with E-state index in [0.29, 0.717) is 23.3 Å². The van der Waals surface area contributed by atoms with E-state index in [-0.39, 0.29) is 17.1 Å². The minimum Gasteiger partial charge on any atom is -0.490 e. The van der Waals surface area contributed by atoms with Crippen LogP contribution in [0.2, 0.25) is 0 Å². The second-order valence-corrected chi connectivity index (χ2v) is 12.7. The Hall–Kier alpha value is -3.27. The summed E-state index contributed by atoms with van der Waals surface area (Å²) in [6.07, 6.45) is 20.7. The molecule has 3 aromatic carbocycles. The predicted octanol–water partition coefficient (Wildman–Crippen LogP) is 12.4. The molecule has 44 heavy (non-hydrogen) atoms. The van der Waals surface area contributed by atoms with Gasteiger partial charge in [-0.05, 0) is 117 Å². The van der Waals surface area contributed by atoms with Crippen molar-refractivity contribution in [2.45, 2.75) is 90.9 Å². The molecule has 1 saturated carbocycles. The Kier molecular flexibility index (Phi) is 11.4. The molecule has 2 aliphatic carbocycles. The van der Waals surface area contributed by atoms with Crippen molar-refractivity contribution in [2.24, 2.45) is 17.8 Å². The zero-order valence-corrected chi connectivity index (χ0v) is 26.4. The number of unbranched alkanes of at least 4 members (excludes halogenated alkanes) is 4. The fourth-order valence-electron chi connectivity index (χ4n) is 7.16. The lowest BCUT2D eigenvalue weighted by molar-refractivity contribution is 0.212. The molecule has 0 bridgehead atoms. The first kappa shape index (κ1) is 32.1. The van der Waals surface area contributed by atoms with Crippen molar-refractivity contribution in [2.75, 3.05) is 6.61 Å². The second kappa shape index (κ2) is 15.6. The lowest BCUT2D eigenvalue weighted by Crippen LogP contribution is -2.22. The minimum absolute atomic E-state index is 0.0590. The summed E-state index contributed by atoms with van der Waals surface area (Å²) in [5.41, 5.74) is 4.10. The second-order valence-electron chi connectivity index (χ2n) is 12.7. The van der Waals surface area contributed by atoms with E-state index in [1.807, 2.05) is 12.1 Å². The minimum atomic E-state index is -0.970. The van der Waals surface area contributed by atoms with Crippen molar-refractivity contribution in [1.29, 1.82) is 0 Å². The van der Waals surface area contributed by atoms with Gasteiger partial charge in [-0.15, -0.1) is 0 Å². The molecule has 0 aromatic heterocycles. The highest BCUT2D eigenvalue weighted by molar-refractivity contribution is 5.74. The van der Waals surface area contributed by atoms with E-state index in [1.54, 1.807) is 36.4 Å². The van der Waals surface area contributed by atoms with Gasteiger partial charge in [0.2, 0.25) is 5.82 Å². The van der Waals surface area contributed by atoms with Gasteiger partial charge in [-0.3, -0.25) is 0 Å². The molecule has 0 aliphatic heterocycles. The van der Waals surface area contributed by atoms with Crippen molar-refractivity contribution in [3.63, 3.8) is 0 Å². The molecule has 234 valence electrons. The molecule has 0 saturated heterocycles. The fourth-order valence-corrected chi connectivity index (χ4v) is 7.16. The first-order valence-corrected chi connectivity index (χ1v) is 16.8. The van der Waals surface area contributed by atoms with Crippen LogP contribution in [0, 0.1) is 35.2 Å². The highest BCUT2D eigenvalue weighted by atomic mass is 19.2. The quantitative estimate of drug-likeness (QED) is 0.148. The van der Waals surface area contributed by atoms with E-state index in [2.05, 4.69) is 32.1 Å². The molecule has 0 amide bonds. The number of hydrogen-bond acceptors (Lipinski definition) is 1. The largest absolute Gasteiger partial charge is 0.490 e. The zero-order chi connectivity index (χ0) is 30.9. The maximum Gasteiger partial charge on any atom is 0.201 e. The molecular formula is C40H47F3O. The Morgan fingerprint density at radius 3 is 2.07 bits per heavy atom. The monoisotopic (exact) mass is 600 g/mol. The average molecular weight is 601 g/mol. The average Bonchev–Trinajstić information content (AvgIpc) is 3.05. The van der Waals surface area contributed by atoms with Gasteiger partial charge in [0.15, 0.2) is 11.6 Å². The van der Waals surface area contributed by atoms with Crippen LogP contribution in [0.5, 0.6) is 5.75 Å². The molecule has 0 heterocycles. The highest BCUT2D eigenvalue weighted by Crippen LogP contribution is 2.42. The van der Waals surface area contributed by atoms with Gasteiger partial charge in [0.05, 0.1) is 6.61 Å². The smallest absolute Gasteiger partial charge is 0.201 e.